The molecule has 5 rings (SSSR count). The van der Waals surface area contributed by atoms with Gasteiger partial charge in [0.25, 0.3) is 0 Å². The van der Waals surface area contributed by atoms with Crippen LogP contribution in [0, 0.1) is 37.5 Å². The number of rotatable bonds is 3. The largest absolute Gasteiger partial charge is 0.481 e. The van der Waals surface area contributed by atoms with Crippen LogP contribution in [0.25, 0.3) is 21.5 Å². The van der Waals surface area contributed by atoms with Gasteiger partial charge in [0.15, 0.2) is 0 Å². The Morgan fingerprint density at radius 3 is 2.47 bits per heavy atom. The van der Waals surface area contributed by atoms with Crippen molar-refractivity contribution in [1.29, 1.82) is 0 Å². The highest BCUT2D eigenvalue weighted by Gasteiger charge is 2.54. The molecule has 0 saturated heterocycles. The number of fused-ring (bicyclic) bond motifs is 4. The lowest BCUT2D eigenvalue weighted by molar-refractivity contribution is -0.152. The minimum atomic E-state index is -0.910. The Hall–Kier alpha value is -3.14. The number of aliphatic carboxylic acids is 1. The number of hydrogen-bond donors (Lipinski definition) is 1. The molecule has 1 saturated carbocycles. The van der Waals surface area contributed by atoms with E-state index < -0.39 is 23.8 Å². The second kappa shape index (κ2) is 6.69. The minimum absolute atomic E-state index is 0.0623. The summed E-state index contributed by atoms with van der Waals surface area (Å²) < 4.78 is 6.10. The van der Waals surface area contributed by atoms with E-state index in [0.717, 1.165) is 44.7 Å². The summed E-state index contributed by atoms with van der Waals surface area (Å²) in [6, 6.07) is 14.1. The highest BCUT2D eigenvalue weighted by atomic mass is 16.5. The molecule has 4 atom stereocenters. The van der Waals surface area contributed by atoms with Gasteiger partial charge in [0.1, 0.15) is 5.75 Å². The number of benzene rings is 3. The molecule has 0 spiro atoms. The number of aryl methyl sites for hydroxylation is 2. The first-order valence-corrected chi connectivity index (χ1v) is 10.4. The molecule has 4 heteroatoms. The van der Waals surface area contributed by atoms with Gasteiger partial charge in [-0.25, -0.2) is 0 Å². The van der Waals surface area contributed by atoms with Crippen LogP contribution >= 0.6 is 0 Å². The number of carboxylic acid groups (broad SMARTS) is 1. The fourth-order valence-corrected chi connectivity index (χ4v) is 5.61. The Bertz CT molecular complexity index is 1250. The summed E-state index contributed by atoms with van der Waals surface area (Å²) in [5.41, 5.74) is 3.21. The lowest BCUT2D eigenvalue weighted by atomic mass is 9.80. The SMILES string of the molecule is CC1=CC2CC1C(C(=O)O)C2C(=O)Oc1c2cccc(C)c2cc2cccc(C)c12. The van der Waals surface area contributed by atoms with E-state index in [2.05, 4.69) is 12.1 Å². The van der Waals surface area contributed by atoms with Gasteiger partial charge in [-0.15, -0.1) is 0 Å². The van der Waals surface area contributed by atoms with E-state index in [1.165, 1.54) is 0 Å². The summed E-state index contributed by atoms with van der Waals surface area (Å²) in [5.74, 6) is -2.29. The number of carbonyl (C=O) groups is 2. The molecule has 0 radical (unpaired) electrons. The van der Waals surface area contributed by atoms with Crippen molar-refractivity contribution in [2.24, 2.45) is 23.7 Å². The maximum absolute atomic E-state index is 13.4. The number of allylic oxidation sites excluding steroid dienone is 2. The smallest absolute Gasteiger partial charge is 0.315 e. The quantitative estimate of drug-likeness (QED) is 0.276. The molecule has 4 unspecified atom stereocenters. The third-order valence-electron chi connectivity index (χ3n) is 7.03. The van der Waals surface area contributed by atoms with Crippen LogP contribution < -0.4 is 4.74 Å². The van der Waals surface area contributed by atoms with Crippen LogP contribution in [0.5, 0.6) is 5.75 Å². The molecule has 2 bridgehead atoms. The van der Waals surface area contributed by atoms with Gasteiger partial charge < -0.3 is 9.84 Å². The molecule has 30 heavy (non-hydrogen) atoms. The summed E-state index contributed by atoms with van der Waals surface area (Å²) in [7, 11) is 0. The van der Waals surface area contributed by atoms with Crippen LogP contribution in [0.15, 0.2) is 54.1 Å². The Labute approximate surface area is 175 Å². The number of carboxylic acids is 1. The third-order valence-corrected chi connectivity index (χ3v) is 7.03. The van der Waals surface area contributed by atoms with Crippen molar-refractivity contribution in [2.45, 2.75) is 27.2 Å². The van der Waals surface area contributed by atoms with E-state index >= 15 is 0 Å². The van der Waals surface area contributed by atoms with Gasteiger partial charge in [-0.2, -0.15) is 0 Å². The second-order valence-electron chi connectivity index (χ2n) is 8.78. The first-order valence-electron chi connectivity index (χ1n) is 10.4. The van der Waals surface area contributed by atoms with Crippen LogP contribution in [0.2, 0.25) is 0 Å². The summed E-state index contributed by atoms with van der Waals surface area (Å²) in [4.78, 5) is 25.4. The predicted molar refractivity (Wildman–Crippen MR) is 117 cm³/mol. The molecular formula is C26H24O4. The highest BCUT2D eigenvalue weighted by molar-refractivity contribution is 6.08. The standard InChI is InChI=1S/C26H24O4/c1-13-6-5-9-18-19(13)11-16-8-4-7-14(2)21(16)24(18)30-26(29)22-17-10-15(3)20(12-17)23(22)25(27)28/h4-11,17,20,22-23H,12H2,1-3H3,(H,27,28). The van der Waals surface area contributed by atoms with E-state index in [1.54, 1.807) is 0 Å². The fraction of sp³-hybridized carbons (Fsp3) is 0.308. The molecule has 0 amide bonds. The minimum Gasteiger partial charge on any atom is -0.481 e. The number of carbonyl (C=O) groups excluding carboxylic acids is 1. The van der Waals surface area contributed by atoms with Crippen molar-refractivity contribution < 1.29 is 19.4 Å². The lowest BCUT2D eigenvalue weighted by Crippen LogP contribution is -2.36. The molecule has 1 N–H and O–H groups in total. The van der Waals surface area contributed by atoms with Crippen molar-refractivity contribution in [3.05, 3.63) is 65.2 Å². The van der Waals surface area contributed by atoms with Gasteiger partial charge in [-0.05, 0) is 67.0 Å². The zero-order chi connectivity index (χ0) is 21.2. The van der Waals surface area contributed by atoms with Crippen LogP contribution in [0.3, 0.4) is 0 Å². The molecular weight excluding hydrogens is 376 g/mol. The molecule has 0 heterocycles. The van der Waals surface area contributed by atoms with Crippen LogP contribution in [-0.4, -0.2) is 17.0 Å². The molecule has 2 aliphatic rings. The average Bonchev–Trinajstić information content (AvgIpc) is 3.25. The van der Waals surface area contributed by atoms with Gasteiger partial charge in [0, 0.05) is 10.8 Å². The van der Waals surface area contributed by atoms with Gasteiger partial charge in [-0.3, -0.25) is 9.59 Å². The molecule has 0 aromatic heterocycles. The maximum atomic E-state index is 13.4. The van der Waals surface area contributed by atoms with Crippen molar-refractivity contribution >= 4 is 33.5 Å². The number of hydrogen-bond acceptors (Lipinski definition) is 3. The second-order valence-corrected chi connectivity index (χ2v) is 8.78. The van der Waals surface area contributed by atoms with Crippen molar-refractivity contribution in [1.82, 2.24) is 0 Å². The van der Waals surface area contributed by atoms with Crippen LogP contribution in [-0.2, 0) is 9.59 Å². The Kier molecular flexibility index (Phi) is 4.21. The molecule has 3 aromatic rings. The van der Waals surface area contributed by atoms with E-state index in [0.29, 0.717) is 5.75 Å². The summed E-state index contributed by atoms with van der Waals surface area (Å²) in [6.45, 7) is 6.01. The third kappa shape index (κ3) is 2.67. The highest BCUT2D eigenvalue weighted by Crippen LogP contribution is 2.52. The van der Waals surface area contributed by atoms with Crippen molar-refractivity contribution in [2.75, 3.05) is 0 Å². The molecule has 152 valence electrons. The van der Waals surface area contributed by atoms with Gasteiger partial charge in [-0.1, -0.05) is 48.0 Å². The summed E-state index contributed by atoms with van der Waals surface area (Å²) in [6.07, 6.45) is 2.78. The summed E-state index contributed by atoms with van der Waals surface area (Å²) >= 11 is 0. The molecule has 4 nitrogen and oxygen atoms in total. The molecule has 1 fully saturated rings. The first kappa shape index (κ1) is 18.9. The van der Waals surface area contributed by atoms with Gasteiger partial charge in [0.2, 0.25) is 0 Å². The van der Waals surface area contributed by atoms with Crippen molar-refractivity contribution in [3.8, 4) is 5.75 Å². The van der Waals surface area contributed by atoms with Crippen molar-refractivity contribution in [3.63, 3.8) is 0 Å². The Balaban J connectivity index is 1.65. The maximum Gasteiger partial charge on any atom is 0.315 e. The average molecular weight is 400 g/mol. The van der Waals surface area contributed by atoms with E-state index in [-0.39, 0.29) is 11.8 Å². The van der Waals surface area contributed by atoms with Gasteiger partial charge >= 0.3 is 11.9 Å². The van der Waals surface area contributed by atoms with Gasteiger partial charge in [0.05, 0.1) is 11.8 Å². The number of esters is 1. The predicted octanol–water partition coefficient (Wildman–Crippen LogP) is 5.43. The molecule has 3 aromatic carbocycles. The van der Waals surface area contributed by atoms with E-state index in [1.807, 2.05) is 57.2 Å². The van der Waals surface area contributed by atoms with Crippen LogP contribution in [0.4, 0.5) is 0 Å². The molecule has 2 aliphatic carbocycles. The molecule has 0 aliphatic heterocycles. The monoisotopic (exact) mass is 400 g/mol. The zero-order valence-corrected chi connectivity index (χ0v) is 17.3. The Morgan fingerprint density at radius 2 is 1.70 bits per heavy atom. The van der Waals surface area contributed by atoms with Crippen LogP contribution in [0.1, 0.15) is 24.5 Å². The number of ether oxygens (including phenoxy) is 1. The normalized spacial score (nSPS) is 25.0. The zero-order valence-electron chi connectivity index (χ0n) is 17.3. The fourth-order valence-electron chi connectivity index (χ4n) is 5.61. The topological polar surface area (TPSA) is 63.6 Å². The van der Waals surface area contributed by atoms with E-state index in [9.17, 15) is 14.7 Å². The Morgan fingerprint density at radius 1 is 0.967 bits per heavy atom. The summed E-state index contributed by atoms with van der Waals surface area (Å²) in [5, 5.41) is 13.7. The lowest BCUT2D eigenvalue weighted by Gasteiger charge is -2.26. The first-order chi connectivity index (χ1) is 14.4. The van der Waals surface area contributed by atoms with E-state index in [4.69, 9.17) is 4.74 Å².